The summed E-state index contributed by atoms with van der Waals surface area (Å²) < 4.78 is 13.0. The van der Waals surface area contributed by atoms with Crippen LogP contribution in [0.2, 0.25) is 5.02 Å². The number of benzene rings is 2. The minimum absolute atomic E-state index is 0.397. The molecule has 34 heavy (non-hydrogen) atoms. The second-order valence-electron chi connectivity index (χ2n) is 7.86. The van der Waals surface area contributed by atoms with Crippen LogP contribution < -0.4 is 10.1 Å². The fraction of sp³-hybridized carbons (Fsp3) is 0.200. The van der Waals surface area contributed by atoms with E-state index in [4.69, 9.17) is 26.1 Å². The molecule has 5 aromatic rings. The van der Waals surface area contributed by atoms with Crippen LogP contribution in [0.5, 0.6) is 5.75 Å². The first-order valence-electron chi connectivity index (χ1n) is 10.8. The Labute approximate surface area is 201 Å². The van der Waals surface area contributed by atoms with Crippen molar-refractivity contribution in [1.29, 1.82) is 0 Å². The predicted molar refractivity (Wildman–Crippen MR) is 132 cm³/mol. The Hall–Kier alpha value is -3.75. The number of fused-ring (bicyclic) bond motifs is 3. The van der Waals surface area contributed by atoms with Gasteiger partial charge in [-0.2, -0.15) is 0 Å². The second kappa shape index (κ2) is 9.24. The molecule has 0 radical (unpaired) electrons. The maximum atomic E-state index is 6.60. The molecule has 0 fully saturated rings. The lowest BCUT2D eigenvalue weighted by atomic mass is 10.1. The zero-order chi connectivity index (χ0) is 23.7. The zero-order valence-electron chi connectivity index (χ0n) is 19.0. The third kappa shape index (κ3) is 4.25. The largest absolute Gasteiger partial charge is 0.465 e. The molecule has 3 aromatic heterocycles. The van der Waals surface area contributed by atoms with Gasteiger partial charge in [0, 0.05) is 31.6 Å². The molecular weight excluding hydrogens is 452 g/mol. The summed E-state index contributed by atoms with van der Waals surface area (Å²) in [7, 11) is 1.59. The molecule has 1 atom stereocenters. The number of ether oxygens (including phenoxy) is 2. The smallest absolute Gasteiger partial charge is 0.196 e. The lowest BCUT2D eigenvalue weighted by molar-refractivity contribution is -0.0382. The summed E-state index contributed by atoms with van der Waals surface area (Å²) in [5.74, 6) is 1.24. The van der Waals surface area contributed by atoms with Gasteiger partial charge >= 0.3 is 0 Å². The molecular formula is C25H23ClN6O2. The lowest BCUT2D eigenvalue weighted by Gasteiger charge is -2.14. The van der Waals surface area contributed by atoms with Gasteiger partial charge in [-0.05, 0) is 61.9 Å². The van der Waals surface area contributed by atoms with E-state index in [-0.39, 0.29) is 0 Å². The molecule has 9 heteroatoms. The minimum atomic E-state index is -0.397. The van der Waals surface area contributed by atoms with Crippen LogP contribution in [0.15, 0.2) is 60.9 Å². The highest BCUT2D eigenvalue weighted by Crippen LogP contribution is 2.33. The molecule has 0 amide bonds. The fourth-order valence-electron chi connectivity index (χ4n) is 3.76. The van der Waals surface area contributed by atoms with Crippen molar-refractivity contribution in [3.05, 3.63) is 77.2 Å². The summed E-state index contributed by atoms with van der Waals surface area (Å²) in [6.45, 7) is 4.38. The third-order valence-corrected chi connectivity index (χ3v) is 5.86. The molecule has 0 spiro atoms. The van der Waals surface area contributed by atoms with Gasteiger partial charge < -0.3 is 14.8 Å². The average Bonchev–Trinajstić information content (AvgIpc) is 3.31. The van der Waals surface area contributed by atoms with E-state index in [9.17, 15) is 0 Å². The van der Waals surface area contributed by atoms with E-state index in [1.54, 1.807) is 31.6 Å². The van der Waals surface area contributed by atoms with Crippen molar-refractivity contribution in [2.75, 3.05) is 12.4 Å². The molecule has 0 bridgehead atoms. The molecule has 0 saturated heterocycles. The third-order valence-electron chi connectivity index (χ3n) is 5.53. The topological polar surface area (TPSA) is 86.5 Å². The Morgan fingerprint density at radius 3 is 2.79 bits per heavy atom. The molecule has 172 valence electrons. The van der Waals surface area contributed by atoms with Crippen LogP contribution in [0.1, 0.15) is 18.2 Å². The van der Waals surface area contributed by atoms with Crippen molar-refractivity contribution in [3.63, 3.8) is 0 Å². The van der Waals surface area contributed by atoms with E-state index in [2.05, 4.69) is 32.6 Å². The molecule has 2 aromatic carbocycles. The van der Waals surface area contributed by atoms with Crippen LogP contribution in [0.4, 0.5) is 5.69 Å². The van der Waals surface area contributed by atoms with E-state index in [1.165, 1.54) is 0 Å². The zero-order valence-corrected chi connectivity index (χ0v) is 19.7. The number of nitrogens with one attached hydrogen (secondary N) is 1. The van der Waals surface area contributed by atoms with Gasteiger partial charge in [0.25, 0.3) is 0 Å². The maximum Gasteiger partial charge on any atom is 0.196 e. The van der Waals surface area contributed by atoms with Gasteiger partial charge in [0.05, 0.1) is 27.4 Å². The van der Waals surface area contributed by atoms with Crippen LogP contribution >= 0.6 is 11.6 Å². The number of aromatic nitrogens is 5. The fourth-order valence-corrected chi connectivity index (χ4v) is 3.97. The number of hydrogen-bond acceptors (Lipinski definition) is 7. The van der Waals surface area contributed by atoms with Crippen LogP contribution in [0, 0.1) is 6.92 Å². The minimum Gasteiger partial charge on any atom is -0.465 e. The van der Waals surface area contributed by atoms with Crippen molar-refractivity contribution in [1.82, 2.24) is 24.6 Å². The van der Waals surface area contributed by atoms with Gasteiger partial charge in [0.1, 0.15) is 5.75 Å². The van der Waals surface area contributed by atoms with Gasteiger partial charge in [0.2, 0.25) is 0 Å². The van der Waals surface area contributed by atoms with Crippen LogP contribution in [0.3, 0.4) is 0 Å². The highest BCUT2D eigenvalue weighted by Gasteiger charge is 2.18. The number of hydrogen-bond donors (Lipinski definition) is 1. The molecule has 0 aliphatic rings. The van der Waals surface area contributed by atoms with Crippen molar-refractivity contribution in [2.45, 2.75) is 26.7 Å². The summed E-state index contributed by atoms with van der Waals surface area (Å²) in [6, 6.07) is 15.5. The number of pyridine rings is 1. The number of methoxy groups -OCH3 is 1. The Bertz CT molecular complexity index is 1470. The molecule has 8 nitrogen and oxygen atoms in total. The molecule has 0 saturated carbocycles. The quantitative estimate of drug-likeness (QED) is 0.321. The van der Waals surface area contributed by atoms with Gasteiger partial charge in [-0.3, -0.25) is 9.38 Å². The van der Waals surface area contributed by atoms with Crippen LogP contribution in [-0.4, -0.2) is 38.0 Å². The Kier molecular flexibility index (Phi) is 6.00. The number of halogens is 1. The number of nitrogens with zero attached hydrogens (tertiary/aromatic N) is 5. The summed E-state index contributed by atoms with van der Waals surface area (Å²) >= 11 is 6.60. The van der Waals surface area contributed by atoms with Gasteiger partial charge in [0.15, 0.2) is 17.8 Å². The summed E-state index contributed by atoms with van der Waals surface area (Å²) in [6.07, 6.45) is 3.15. The van der Waals surface area contributed by atoms with Crippen LogP contribution in [-0.2, 0) is 11.3 Å². The van der Waals surface area contributed by atoms with Crippen molar-refractivity contribution in [2.24, 2.45) is 0 Å². The molecule has 3 heterocycles. The van der Waals surface area contributed by atoms with E-state index >= 15 is 0 Å². The Balaban J connectivity index is 1.61. The van der Waals surface area contributed by atoms with Crippen molar-refractivity contribution in [3.8, 4) is 17.1 Å². The first kappa shape index (κ1) is 22.1. The predicted octanol–water partition coefficient (Wildman–Crippen LogP) is 5.28. The molecule has 1 unspecified atom stereocenters. The lowest BCUT2D eigenvalue weighted by Crippen LogP contribution is -2.13. The normalized spacial score (nSPS) is 12.2. The summed E-state index contributed by atoms with van der Waals surface area (Å²) in [5.41, 5.74) is 5.93. The average molecular weight is 475 g/mol. The van der Waals surface area contributed by atoms with E-state index in [0.29, 0.717) is 34.4 Å². The number of rotatable bonds is 7. The molecule has 0 aliphatic heterocycles. The van der Waals surface area contributed by atoms with Gasteiger partial charge in [-0.1, -0.05) is 17.7 Å². The maximum absolute atomic E-state index is 6.60. The first-order chi connectivity index (χ1) is 16.5. The second-order valence-corrected chi connectivity index (χ2v) is 8.27. The molecule has 5 rings (SSSR count). The molecule has 1 N–H and O–H groups in total. The van der Waals surface area contributed by atoms with E-state index in [1.807, 2.05) is 42.5 Å². The first-order valence-corrected chi connectivity index (χ1v) is 11.2. The Morgan fingerprint density at radius 1 is 1.12 bits per heavy atom. The van der Waals surface area contributed by atoms with Gasteiger partial charge in [-0.15, -0.1) is 10.2 Å². The van der Waals surface area contributed by atoms with E-state index < -0.39 is 6.29 Å². The van der Waals surface area contributed by atoms with Crippen molar-refractivity contribution >= 4 is 34.0 Å². The monoisotopic (exact) mass is 474 g/mol. The Morgan fingerprint density at radius 2 is 2.00 bits per heavy atom. The highest BCUT2D eigenvalue weighted by atomic mass is 35.5. The highest BCUT2D eigenvalue weighted by molar-refractivity contribution is 6.33. The SMILES string of the molecule is COC(C)Oc1ccc(Cl)c(-c2nnc3c(C)nc4ccc(CNc5cccnc5)cc4n23)c1. The number of aryl methyl sites for hydroxylation is 1. The number of anilines is 1. The summed E-state index contributed by atoms with van der Waals surface area (Å²) in [4.78, 5) is 8.88. The van der Waals surface area contributed by atoms with Gasteiger partial charge in [-0.25, -0.2) is 4.98 Å². The van der Waals surface area contributed by atoms with Crippen molar-refractivity contribution < 1.29 is 9.47 Å². The van der Waals surface area contributed by atoms with Crippen LogP contribution in [0.25, 0.3) is 28.1 Å². The summed E-state index contributed by atoms with van der Waals surface area (Å²) in [5, 5.41) is 12.8. The van der Waals surface area contributed by atoms with E-state index in [0.717, 1.165) is 28.0 Å². The molecule has 0 aliphatic carbocycles. The standard InChI is InChI=1S/C25H23ClN6O2/c1-15-24-30-31-25(20-12-19(7-8-21(20)26)34-16(2)33-3)32(24)23-11-17(6-9-22(23)29-15)13-28-18-5-4-10-27-14-18/h4-12,14,16,28H,13H2,1-3H3.